The molecule has 0 saturated carbocycles. The Hall–Kier alpha value is 0.427. The highest BCUT2D eigenvalue weighted by Gasteiger charge is 2.23. The second-order valence-corrected chi connectivity index (χ2v) is 11.3. The van der Waals surface area contributed by atoms with Crippen LogP contribution in [0, 0.1) is 0 Å². The molecule has 6 heteroatoms. The van der Waals surface area contributed by atoms with Gasteiger partial charge in [-0.1, -0.05) is 0 Å². The van der Waals surface area contributed by atoms with Gasteiger partial charge in [-0.2, -0.15) is 0 Å². The van der Waals surface area contributed by atoms with Crippen LogP contribution in [0.2, 0.25) is 0 Å². The quantitative estimate of drug-likeness (QED) is 0.557. The number of hydrogen-bond acceptors (Lipinski definition) is 2. The third kappa shape index (κ3) is 5.14. The summed E-state index contributed by atoms with van der Waals surface area (Å²) in [5.41, 5.74) is 1.71. The molecular weight excluding hydrogens is 235 g/mol. The van der Waals surface area contributed by atoms with Crippen molar-refractivity contribution in [1.82, 2.24) is 9.80 Å². The van der Waals surface area contributed by atoms with Crippen LogP contribution in [0.4, 0.5) is 0 Å². The van der Waals surface area contributed by atoms with Gasteiger partial charge in [-0.3, -0.25) is 0 Å². The lowest BCUT2D eigenvalue weighted by Gasteiger charge is -2.25. The lowest BCUT2D eigenvalue weighted by molar-refractivity contribution is 0.344. The van der Waals surface area contributed by atoms with Crippen LogP contribution in [0.3, 0.4) is 0 Å². The molecule has 0 aromatic carbocycles. The summed E-state index contributed by atoms with van der Waals surface area (Å²) >= 11 is 17.3. The van der Waals surface area contributed by atoms with Gasteiger partial charge in [-0.15, -0.1) is 33.2 Å². The Morgan fingerprint density at radius 3 is 1.42 bits per heavy atom. The molecule has 0 aliphatic rings. The summed E-state index contributed by atoms with van der Waals surface area (Å²) < 4.78 is 0. The standard InChI is InChI=1S/C6H13Cl3N2Si/c1-10(2)6(11(3)4)5-12(7,8)9/h5H,1-4H3. The lowest BCUT2D eigenvalue weighted by Crippen LogP contribution is -2.27. The second-order valence-electron chi connectivity index (χ2n) is 2.83. The maximum Gasteiger partial charge on any atom is 0.369 e. The SMILES string of the molecule is CN(C)C(=C[Si](Cl)(Cl)Cl)N(C)C. The van der Waals surface area contributed by atoms with E-state index < -0.39 is 6.00 Å². The summed E-state index contributed by atoms with van der Waals surface area (Å²) in [6.45, 7) is 0. The molecule has 0 N–H and O–H groups in total. The van der Waals surface area contributed by atoms with Crippen LogP contribution in [0.25, 0.3) is 0 Å². The monoisotopic (exact) mass is 246 g/mol. The second kappa shape index (κ2) is 4.60. The minimum absolute atomic E-state index is 0.918. The molecule has 0 spiro atoms. The van der Waals surface area contributed by atoms with Crippen LogP contribution >= 0.6 is 33.2 Å². The zero-order valence-electron chi connectivity index (χ0n) is 7.61. The summed E-state index contributed by atoms with van der Waals surface area (Å²) in [6.07, 6.45) is 0. The topological polar surface area (TPSA) is 6.48 Å². The summed E-state index contributed by atoms with van der Waals surface area (Å²) in [5, 5.41) is 0. The average Bonchev–Trinajstić information content (AvgIpc) is 1.79. The Kier molecular flexibility index (Phi) is 4.77. The van der Waals surface area contributed by atoms with Gasteiger partial charge in [0.05, 0.1) is 5.82 Å². The molecule has 0 amide bonds. The smallest absolute Gasteiger partial charge is 0.365 e. The predicted molar refractivity (Wildman–Crippen MR) is 58.8 cm³/mol. The molecule has 0 bridgehead atoms. The van der Waals surface area contributed by atoms with Gasteiger partial charge >= 0.3 is 6.00 Å². The van der Waals surface area contributed by atoms with Crippen LogP contribution < -0.4 is 0 Å². The van der Waals surface area contributed by atoms with Crippen molar-refractivity contribution in [3.8, 4) is 0 Å². The zero-order chi connectivity index (χ0) is 9.94. The first kappa shape index (κ1) is 12.4. The summed E-state index contributed by atoms with van der Waals surface area (Å²) in [6, 6.07) is -2.67. The number of nitrogens with zero attached hydrogens (tertiary/aromatic N) is 2. The molecule has 12 heavy (non-hydrogen) atoms. The molecule has 0 atom stereocenters. The Morgan fingerprint density at radius 2 is 1.33 bits per heavy atom. The van der Waals surface area contributed by atoms with Gasteiger partial charge in [-0.05, 0) is 5.70 Å². The molecule has 0 aromatic heterocycles. The Labute approximate surface area is 88.8 Å². The number of halogens is 3. The first-order valence-corrected chi connectivity index (χ1v) is 8.49. The van der Waals surface area contributed by atoms with Gasteiger partial charge in [0.15, 0.2) is 0 Å². The maximum atomic E-state index is 5.76. The van der Waals surface area contributed by atoms with Crippen LogP contribution in [-0.4, -0.2) is 44.0 Å². The van der Waals surface area contributed by atoms with Crippen molar-refractivity contribution in [2.45, 2.75) is 0 Å². The molecule has 0 rings (SSSR count). The van der Waals surface area contributed by atoms with Crippen molar-refractivity contribution in [2.24, 2.45) is 0 Å². The van der Waals surface area contributed by atoms with Gasteiger partial charge < -0.3 is 9.80 Å². The third-order valence-corrected chi connectivity index (χ3v) is 2.78. The van der Waals surface area contributed by atoms with Crippen LogP contribution in [0.15, 0.2) is 11.5 Å². The van der Waals surface area contributed by atoms with Gasteiger partial charge in [-0.25, -0.2) is 0 Å². The van der Waals surface area contributed by atoms with Crippen molar-refractivity contribution in [3.05, 3.63) is 11.5 Å². The highest BCUT2D eigenvalue weighted by atomic mass is 35.8. The fourth-order valence-electron chi connectivity index (χ4n) is 0.805. The molecule has 0 aliphatic heterocycles. The molecule has 0 fully saturated rings. The Balaban J connectivity index is 4.63. The summed E-state index contributed by atoms with van der Waals surface area (Å²) in [7, 11) is 7.65. The van der Waals surface area contributed by atoms with E-state index in [1.165, 1.54) is 0 Å². The largest absolute Gasteiger partial charge is 0.369 e. The minimum atomic E-state index is -2.67. The lowest BCUT2D eigenvalue weighted by atomic mass is 10.6. The van der Waals surface area contributed by atoms with E-state index in [2.05, 4.69) is 0 Å². The van der Waals surface area contributed by atoms with Crippen LogP contribution in [-0.2, 0) is 0 Å². The van der Waals surface area contributed by atoms with E-state index in [1.54, 1.807) is 5.70 Å². The molecule has 2 nitrogen and oxygen atoms in total. The number of hydrogen-bond donors (Lipinski definition) is 0. The maximum absolute atomic E-state index is 5.76. The van der Waals surface area contributed by atoms with Crippen molar-refractivity contribution in [1.29, 1.82) is 0 Å². The van der Waals surface area contributed by atoms with E-state index in [0.717, 1.165) is 5.82 Å². The van der Waals surface area contributed by atoms with E-state index >= 15 is 0 Å². The van der Waals surface area contributed by atoms with Crippen molar-refractivity contribution >= 4 is 39.2 Å². The van der Waals surface area contributed by atoms with Gasteiger partial charge in [0, 0.05) is 28.2 Å². The fourth-order valence-corrected chi connectivity index (χ4v) is 2.49. The van der Waals surface area contributed by atoms with E-state index in [4.69, 9.17) is 33.2 Å². The van der Waals surface area contributed by atoms with Gasteiger partial charge in [0.25, 0.3) is 0 Å². The summed E-state index contributed by atoms with van der Waals surface area (Å²) in [5.74, 6) is 0.918. The minimum Gasteiger partial charge on any atom is -0.365 e. The molecular formula is C6H13Cl3N2Si. The molecule has 0 radical (unpaired) electrons. The predicted octanol–water partition coefficient (Wildman–Crippen LogP) is 2.15. The van der Waals surface area contributed by atoms with E-state index in [9.17, 15) is 0 Å². The zero-order valence-corrected chi connectivity index (χ0v) is 10.9. The van der Waals surface area contributed by atoms with Crippen molar-refractivity contribution in [3.63, 3.8) is 0 Å². The van der Waals surface area contributed by atoms with Crippen LogP contribution in [0.5, 0.6) is 0 Å². The average molecular weight is 248 g/mol. The first-order valence-electron chi connectivity index (χ1n) is 3.38. The van der Waals surface area contributed by atoms with Gasteiger partial charge in [0.2, 0.25) is 0 Å². The van der Waals surface area contributed by atoms with Crippen LogP contribution in [0.1, 0.15) is 0 Å². The Bertz CT molecular complexity index is 164. The Morgan fingerprint density at radius 1 is 1.00 bits per heavy atom. The third-order valence-electron chi connectivity index (χ3n) is 1.21. The highest BCUT2D eigenvalue weighted by Crippen LogP contribution is 2.23. The number of rotatable bonds is 3. The highest BCUT2D eigenvalue weighted by molar-refractivity contribution is 7.66. The van der Waals surface area contributed by atoms with Gasteiger partial charge in [0.1, 0.15) is 0 Å². The molecule has 0 aliphatic carbocycles. The fraction of sp³-hybridized carbons (Fsp3) is 0.667. The van der Waals surface area contributed by atoms with E-state index in [0.29, 0.717) is 0 Å². The normalized spacial score (nSPS) is 10.9. The van der Waals surface area contributed by atoms with Crippen molar-refractivity contribution < 1.29 is 0 Å². The molecule has 72 valence electrons. The van der Waals surface area contributed by atoms with Crippen molar-refractivity contribution in [2.75, 3.05) is 28.2 Å². The molecule has 0 saturated heterocycles. The molecule has 0 aromatic rings. The van der Waals surface area contributed by atoms with E-state index in [-0.39, 0.29) is 0 Å². The molecule has 0 unspecified atom stereocenters. The van der Waals surface area contributed by atoms with E-state index in [1.807, 2.05) is 38.0 Å². The summed E-state index contributed by atoms with van der Waals surface area (Å²) in [4.78, 5) is 3.82. The first-order chi connectivity index (χ1) is 5.24. The molecule has 0 heterocycles.